The normalized spacial score (nSPS) is 27.4. The molecule has 0 amide bonds. The van der Waals surface area contributed by atoms with Gasteiger partial charge in [0.15, 0.2) is 0 Å². The van der Waals surface area contributed by atoms with Gasteiger partial charge in [-0.05, 0) is 49.8 Å². The molecule has 0 radical (unpaired) electrons. The molecule has 2 nitrogen and oxygen atoms in total. The zero-order valence-corrected chi connectivity index (χ0v) is 12.7. The molecule has 3 rings (SSSR count). The first kappa shape index (κ1) is 13.9. The summed E-state index contributed by atoms with van der Waals surface area (Å²) in [5.41, 5.74) is 1.39. The summed E-state index contributed by atoms with van der Waals surface area (Å²) in [6, 6.07) is 11.6. The summed E-state index contributed by atoms with van der Waals surface area (Å²) in [6.07, 6.45) is 6.99. The number of benzene rings is 1. The topological polar surface area (TPSA) is 15.3 Å². The number of anilines is 1. The third-order valence-corrected chi connectivity index (χ3v) is 5.16. The molecule has 110 valence electrons. The second-order valence-electron chi connectivity index (χ2n) is 6.65. The van der Waals surface area contributed by atoms with Crippen LogP contribution in [0.2, 0.25) is 0 Å². The summed E-state index contributed by atoms with van der Waals surface area (Å²) < 4.78 is 0. The van der Waals surface area contributed by atoms with E-state index in [1.54, 1.807) is 0 Å². The standard InChI is InChI=1S/C18H28N2/c1-2-15-11-17(19-12-16-7-6-8-16)14-20(13-15)18-9-4-3-5-10-18/h3-5,9-10,15-17,19H,2,6-8,11-14H2,1H3. The highest BCUT2D eigenvalue weighted by Crippen LogP contribution is 2.27. The number of hydrogen-bond donors (Lipinski definition) is 1. The SMILES string of the molecule is CCC1CC(NCC2CCC2)CN(c2ccccc2)C1. The number of rotatable bonds is 5. The summed E-state index contributed by atoms with van der Waals surface area (Å²) in [6.45, 7) is 5.97. The zero-order chi connectivity index (χ0) is 13.8. The maximum Gasteiger partial charge on any atom is 0.0366 e. The van der Waals surface area contributed by atoms with E-state index in [-0.39, 0.29) is 0 Å². The van der Waals surface area contributed by atoms with Crippen molar-refractivity contribution in [3.8, 4) is 0 Å². The number of para-hydroxylation sites is 1. The van der Waals surface area contributed by atoms with Gasteiger partial charge in [-0.2, -0.15) is 0 Å². The van der Waals surface area contributed by atoms with Crippen molar-refractivity contribution in [1.82, 2.24) is 5.32 Å². The van der Waals surface area contributed by atoms with E-state index in [9.17, 15) is 0 Å². The number of piperidine rings is 1. The highest BCUT2D eigenvalue weighted by Gasteiger charge is 2.27. The molecule has 2 fully saturated rings. The van der Waals surface area contributed by atoms with E-state index in [1.165, 1.54) is 57.4 Å². The Hall–Kier alpha value is -1.02. The number of hydrogen-bond acceptors (Lipinski definition) is 2. The fourth-order valence-corrected chi connectivity index (χ4v) is 3.53. The molecule has 1 aliphatic carbocycles. The molecule has 0 aromatic heterocycles. The quantitative estimate of drug-likeness (QED) is 0.879. The van der Waals surface area contributed by atoms with Gasteiger partial charge in [0.1, 0.15) is 0 Å². The summed E-state index contributed by atoms with van der Waals surface area (Å²) in [5.74, 6) is 1.80. The predicted molar refractivity (Wildman–Crippen MR) is 86.2 cm³/mol. The number of nitrogens with one attached hydrogen (secondary N) is 1. The maximum atomic E-state index is 3.85. The fourth-order valence-electron chi connectivity index (χ4n) is 3.53. The lowest BCUT2D eigenvalue weighted by molar-refractivity contribution is 0.262. The zero-order valence-electron chi connectivity index (χ0n) is 12.7. The van der Waals surface area contributed by atoms with Crippen LogP contribution >= 0.6 is 0 Å². The predicted octanol–water partition coefficient (Wildman–Crippen LogP) is 3.68. The minimum atomic E-state index is 0.675. The Labute approximate surface area is 123 Å². The van der Waals surface area contributed by atoms with Gasteiger partial charge in [0.2, 0.25) is 0 Å². The second kappa shape index (κ2) is 6.62. The van der Waals surface area contributed by atoms with Gasteiger partial charge in [-0.3, -0.25) is 0 Å². The van der Waals surface area contributed by atoms with Crippen molar-refractivity contribution in [3.63, 3.8) is 0 Å². The van der Waals surface area contributed by atoms with Crippen LogP contribution in [-0.4, -0.2) is 25.7 Å². The van der Waals surface area contributed by atoms with E-state index < -0.39 is 0 Å². The van der Waals surface area contributed by atoms with E-state index in [0.29, 0.717) is 6.04 Å². The van der Waals surface area contributed by atoms with Gasteiger partial charge in [-0.15, -0.1) is 0 Å². The Morgan fingerprint density at radius 1 is 1.10 bits per heavy atom. The van der Waals surface area contributed by atoms with Gasteiger partial charge in [-0.1, -0.05) is 38.0 Å². The van der Waals surface area contributed by atoms with Gasteiger partial charge < -0.3 is 10.2 Å². The average molecular weight is 272 g/mol. The Bertz CT molecular complexity index is 399. The van der Waals surface area contributed by atoms with Crippen molar-refractivity contribution in [2.45, 2.75) is 45.1 Å². The third-order valence-electron chi connectivity index (χ3n) is 5.16. The van der Waals surface area contributed by atoms with E-state index >= 15 is 0 Å². The Balaban J connectivity index is 1.59. The molecule has 0 spiro atoms. The van der Waals surface area contributed by atoms with Gasteiger partial charge in [0, 0.05) is 24.8 Å². The van der Waals surface area contributed by atoms with Gasteiger partial charge >= 0.3 is 0 Å². The summed E-state index contributed by atoms with van der Waals surface area (Å²) >= 11 is 0. The first-order valence-electron chi connectivity index (χ1n) is 8.38. The second-order valence-corrected chi connectivity index (χ2v) is 6.65. The number of nitrogens with zero attached hydrogens (tertiary/aromatic N) is 1. The summed E-state index contributed by atoms with van der Waals surface area (Å²) in [7, 11) is 0. The Morgan fingerprint density at radius 3 is 2.55 bits per heavy atom. The lowest BCUT2D eigenvalue weighted by Gasteiger charge is -2.40. The first-order valence-corrected chi connectivity index (χ1v) is 8.38. The molecular formula is C18H28N2. The minimum absolute atomic E-state index is 0.675. The molecule has 20 heavy (non-hydrogen) atoms. The molecule has 2 unspecified atom stereocenters. The molecule has 1 aromatic rings. The highest BCUT2D eigenvalue weighted by molar-refractivity contribution is 5.46. The van der Waals surface area contributed by atoms with Crippen LogP contribution in [0.1, 0.15) is 39.0 Å². The molecule has 1 N–H and O–H groups in total. The van der Waals surface area contributed by atoms with Crippen LogP contribution in [0, 0.1) is 11.8 Å². The van der Waals surface area contributed by atoms with Crippen molar-refractivity contribution in [2.75, 3.05) is 24.5 Å². The van der Waals surface area contributed by atoms with Crippen LogP contribution in [0.4, 0.5) is 5.69 Å². The van der Waals surface area contributed by atoms with E-state index in [0.717, 1.165) is 11.8 Å². The Kier molecular flexibility index (Phi) is 4.62. The molecule has 1 aromatic carbocycles. The van der Waals surface area contributed by atoms with E-state index in [2.05, 4.69) is 47.5 Å². The molecule has 0 bridgehead atoms. The maximum absolute atomic E-state index is 3.85. The lowest BCUT2D eigenvalue weighted by atomic mass is 9.84. The molecule has 2 aliphatic rings. The van der Waals surface area contributed by atoms with Crippen LogP contribution in [0.25, 0.3) is 0 Å². The summed E-state index contributed by atoms with van der Waals surface area (Å²) in [5, 5.41) is 3.85. The molecular weight excluding hydrogens is 244 g/mol. The van der Waals surface area contributed by atoms with Crippen LogP contribution in [0.3, 0.4) is 0 Å². The first-order chi connectivity index (χ1) is 9.85. The van der Waals surface area contributed by atoms with Crippen molar-refractivity contribution >= 4 is 5.69 Å². The van der Waals surface area contributed by atoms with Crippen molar-refractivity contribution in [2.24, 2.45) is 11.8 Å². The molecule has 1 heterocycles. The van der Waals surface area contributed by atoms with Gasteiger partial charge in [0.25, 0.3) is 0 Å². The summed E-state index contributed by atoms with van der Waals surface area (Å²) in [4.78, 5) is 2.58. The van der Waals surface area contributed by atoms with Crippen LogP contribution in [0.5, 0.6) is 0 Å². The third kappa shape index (κ3) is 3.35. The molecule has 2 heteroatoms. The largest absolute Gasteiger partial charge is 0.370 e. The molecule has 1 saturated heterocycles. The van der Waals surface area contributed by atoms with E-state index in [4.69, 9.17) is 0 Å². The smallest absolute Gasteiger partial charge is 0.0366 e. The Morgan fingerprint density at radius 2 is 1.90 bits per heavy atom. The van der Waals surface area contributed by atoms with Gasteiger partial charge in [0.05, 0.1) is 0 Å². The van der Waals surface area contributed by atoms with Crippen molar-refractivity contribution < 1.29 is 0 Å². The average Bonchev–Trinajstić information content (AvgIpc) is 2.46. The monoisotopic (exact) mass is 272 g/mol. The van der Waals surface area contributed by atoms with Crippen molar-refractivity contribution in [3.05, 3.63) is 30.3 Å². The minimum Gasteiger partial charge on any atom is -0.370 e. The highest BCUT2D eigenvalue weighted by atomic mass is 15.2. The van der Waals surface area contributed by atoms with Crippen LogP contribution in [0.15, 0.2) is 30.3 Å². The van der Waals surface area contributed by atoms with Crippen LogP contribution < -0.4 is 10.2 Å². The van der Waals surface area contributed by atoms with Crippen LogP contribution in [-0.2, 0) is 0 Å². The van der Waals surface area contributed by atoms with Gasteiger partial charge in [-0.25, -0.2) is 0 Å². The lowest BCUT2D eigenvalue weighted by Crippen LogP contribution is -2.50. The molecule has 1 aliphatic heterocycles. The molecule has 2 atom stereocenters. The van der Waals surface area contributed by atoms with Crippen molar-refractivity contribution in [1.29, 1.82) is 0 Å². The van der Waals surface area contributed by atoms with E-state index in [1.807, 2.05) is 0 Å². The fraction of sp³-hybridized carbons (Fsp3) is 0.667. The molecule has 1 saturated carbocycles.